The van der Waals surface area contributed by atoms with Gasteiger partial charge in [0.15, 0.2) is 0 Å². The lowest BCUT2D eigenvalue weighted by atomic mass is 9.85. The molecule has 0 aliphatic heterocycles. The van der Waals surface area contributed by atoms with Crippen LogP contribution in [0.2, 0.25) is 0 Å². The molecule has 2 aliphatic rings. The molecule has 1 aromatic rings. The van der Waals surface area contributed by atoms with Gasteiger partial charge in [-0.3, -0.25) is 19.6 Å². The second kappa shape index (κ2) is 5.85. The van der Waals surface area contributed by atoms with Crippen LogP contribution < -0.4 is 5.32 Å². The Labute approximate surface area is 122 Å². The molecule has 0 unspecified atom stereocenters. The number of H-pyrrole nitrogens is 1. The van der Waals surface area contributed by atoms with E-state index in [1.54, 1.807) is 12.3 Å². The van der Waals surface area contributed by atoms with Crippen LogP contribution in [0.4, 0.5) is 0 Å². The molecule has 0 spiro atoms. The quantitative estimate of drug-likeness (QED) is 0.678. The molecule has 2 aliphatic carbocycles. The minimum Gasteiger partial charge on any atom is -0.480 e. The summed E-state index contributed by atoms with van der Waals surface area (Å²) in [5, 5.41) is 18.3. The van der Waals surface area contributed by atoms with Crippen LogP contribution in [-0.2, 0) is 4.79 Å². The lowest BCUT2D eigenvalue weighted by Gasteiger charge is -2.42. The van der Waals surface area contributed by atoms with Gasteiger partial charge in [-0.05, 0) is 37.7 Å². The third-order valence-corrected chi connectivity index (χ3v) is 4.24. The zero-order valence-electron chi connectivity index (χ0n) is 11.8. The van der Waals surface area contributed by atoms with Crippen LogP contribution in [0.5, 0.6) is 0 Å². The van der Waals surface area contributed by atoms with Crippen LogP contribution in [-0.4, -0.2) is 57.3 Å². The molecule has 114 valence electrons. The average molecular weight is 292 g/mol. The smallest absolute Gasteiger partial charge is 0.317 e. The normalized spacial score (nSPS) is 24.6. The van der Waals surface area contributed by atoms with Crippen molar-refractivity contribution in [1.82, 2.24) is 20.4 Å². The standard InChI is InChI=1S/C14H20N4O3/c19-13(20)8-18(7-9-1-2-9)11-5-10(6-11)16-14(21)12-3-4-15-17-12/h3-4,9-11H,1-2,5-8H2,(H,15,17)(H,16,21)(H,19,20). The molecule has 1 heterocycles. The highest BCUT2D eigenvalue weighted by Crippen LogP contribution is 2.33. The Hall–Kier alpha value is -1.89. The fourth-order valence-electron chi connectivity index (χ4n) is 2.80. The van der Waals surface area contributed by atoms with Crippen molar-refractivity contribution in [3.05, 3.63) is 18.0 Å². The fraction of sp³-hybridized carbons (Fsp3) is 0.643. The van der Waals surface area contributed by atoms with Gasteiger partial charge in [0.1, 0.15) is 5.69 Å². The summed E-state index contributed by atoms with van der Waals surface area (Å²) in [5.74, 6) is -0.258. The SMILES string of the molecule is O=C(O)CN(CC1CC1)C1CC(NC(=O)c2ccn[nH]2)C1. The van der Waals surface area contributed by atoms with E-state index in [9.17, 15) is 9.59 Å². The first kappa shape index (κ1) is 14.1. The topological polar surface area (TPSA) is 98.3 Å². The van der Waals surface area contributed by atoms with Crippen LogP contribution in [0, 0.1) is 5.92 Å². The highest BCUT2D eigenvalue weighted by atomic mass is 16.4. The number of nitrogens with one attached hydrogen (secondary N) is 2. The first-order valence-corrected chi connectivity index (χ1v) is 7.38. The van der Waals surface area contributed by atoms with Crippen molar-refractivity contribution in [1.29, 1.82) is 0 Å². The number of carbonyl (C=O) groups excluding carboxylic acids is 1. The van der Waals surface area contributed by atoms with E-state index in [4.69, 9.17) is 5.11 Å². The number of amides is 1. The molecule has 0 atom stereocenters. The summed E-state index contributed by atoms with van der Waals surface area (Å²) in [5.41, 5.74) is 0.457. The van der Waals surface area contributed by atoms with Crippen molar-refractivity contribution in [3.63, 3.8) is 0 Å². The molecule has 3 N–H and O–H groups in total. The molecule has 1 aromatic heterocycles. The Morgan fingerprint density at radius 3 is 2.76 bits per heavy atom. The van der Waals surface area contributed by atoms with Gasteiger partial charge in [0.2, 0.25) is 0 Å². The maximum Gasteiger partial charge on any atom is 0.317 e. The first-order chi connectivity index (χ1) is 10.1. The Kier molecular flexibility index (Phi) is 3.92. The van der Waals surface area contributed by atoms with Gasteiger partial charge in [-0.15, -0.1) is 0 Å². The largest absolute Gasteiger partial charge is 0.480 e. The van der Waals surface area contributed by atoms with Gasteiger partial charge in [-0.25, -0.2) is 0 Å². The van der Waals surface area contributed by atoms with Gasteiger partial charge in [0.05, 0.1) is 6.54 Å². The highest BCUT2D eigenvalue weighted by molar-refractivity contribution is 5.92. The van der Waals surface area contributed by atoms with E-state index in [1.807, 2.05) is 0 Å². The summed E-state index contributed by atoms with van der Waals surface area (Å²) in [4.78, 5) is 24.9. The predicted octanol–water partition coefficient (Wildman–Crippen LogP) is 0.467. The number of aromatic nitrogens is 2. The van der Waals surface area contributed by atoms with Crippen LogP contribution in [0.3, 0.4) is 0 Å². The zero-order valence-corrected chi connectivity index (χ0v) is 11.8. The Bertz CT molecular complexity index is 506. The Morgan fingerprint density at radius 1 is 1.43 bits per heavy atom. The number of rotatable bonds is 7. The minimum absolute atomic E-state index is 0.0996. The number of carboxylic acid groups (broad SMARTS) is 1. The molecular weight excluding hydrogens is 272 g/mol. The van der Waals surface area contributed by atoms with Crippen LogP contribution in [0.25, 0.3) is 0 Å². The second-order valence-electron chi connectivity index (χ2n) is 6.03. The van der Waals surface area contributed by atoms with E-state index >= 15 is 0 Å². The second-order valence-corrected chi connectivity index (χ2v) is 6.03. The number of hydrogen-bond donors (Lipinski definition) is 3. The number of aliphatic carboxylic acids is 1. The van der Waals surface area contributed by atoms with Gasteiger partial charge in [-0.2, -0.15) is 5.10 Å². The van der Waals surface area contributed by atoms with Gasteiger partial charge in [0, 0.05) is 24.8 Å². The number of hydrogen-bond acceptors (Lipinski definition) is 4. The molecule has 7 heteroatoms. The van der Waals surface area contributed by atoms with E-state index < -0.39 is 5.97 Å². The maximum absolute atomic E-state index is 11.9. The third kappa shape index (κ3) is 3.60. The summed E-state index contributed by atoms with van der Waals surface area (Å²) in [7, 11) is 0. The van der Waals surface area contributed by atoms with E-state index in [0.717, 1.165) is 19.4 Å². The van der Waals surface area contributed by atoms with Crippen LogP contribution in [0.15, 0.2) is 12.3 Å². The molecule has 0 aromatic carbocycles. The molecule has 2 fully saturated rings. The van der Waals surface area contributed by atoms with Crippen molar-refractivity contribution in [2.45, 2.75) is 37.8 Å². The summed E-state index contributed by atoms with van der Waals surface area (Å²) >= 11 is 0. The summed E-state index contributed by atoms with van der Waals surface area (Å²) < 4.78 is 0. The molecule has 2 saturated carbocycles. The van der Waals surface area contributed by atoms with Crippen LogP contribution in [0.1, 0.15) is 36.2 Å². The summed E-state index contributed by atoms with van der Waals surface area (Å²) in [6.45, 7) is 0.973. The van der Waals surface area contributed by atoms with Gasteiger partial charge < -0.3 is 10.4 Å². The molecule has 1 amide bonds. The zero-order chi connectivity index (χ0) is 14.8. The van der Waals surface area contributed by atoms with E-state index in [-0.39, 0.29) is 24.5 Å². The molecule has 0 radical (unpaired) electrons. The monoisotopic (exact) mass is 292 g/mol. The predicted molar refractivity (Wildman–Crippen MR) is 74.8 cm³/mol. The average Bonchev–Trinajstić information content (AvgIpc) is 3.03. The van der Waals surface area contributed by atoms with Crippen molar-refractivity contribution in [3.8, 4) is 0 Å². The Morgan fingerprint density at radius 2 is 2.19 bits per heavy atom. The number of carboxylic acids is 1. The summed E-state index contributed by atoms with van der Waals surface area (Å²) in [6.07, 6.45) is 5.61. The van der Waals surface area contributed by atoms with Gasteiger partial charge in [0.25, 0.3) is 5.91 Å². The third-order valence-electron chi connectivity index (χ3n) is 4.24. The van der Waals surface area contributed by atoms with Crippen molar-refractivity contribution < 1.29 is 14.7 Å². The number of aromatic amines is 1. The molecule has 0 saturated heterocycles. The van der Waals surface area contributed by atoms with E-state index in [2.05, 4.69) is 20.4 Å². The molecule has 0 bridgehead atoms. The summed E-state index contributed by atoms with van der Waals surface area (Å²) in [6, 6.07) is 2.03. The van der Waals surface area contributed by atoms with Crippen molar-refractivity contribution in [2.24, 2.45) is 5.92 Å². The van der Waals surface area contributed by atoms with E-state index in [1.165, 1.54) is 12.8 Å². The van der Waals surface area contributed by atoms with Crippen molar-refractivity contribution >= 4 is 11.9 Å². The molecule has 7 nitrogen and oxygen atoms in total. The van der Waals surface area contributed by atoms with E-state index in [0.29, 0.717) is 11.6 Å². The lowest BCUT2D eigenvalue weighted by molar-refractivity contribution is -0.139. The first-order valence-electron chi connectivity index (χ1n) is 7.38. The van der Waals surface area contributed by atoms with Crippen LogP contribution >= 0.6 is 0 Å². The maximum atomic E-state index is 11.9. The van der Waals surface area contributed by atoms with Gasteiger partial charge in [-0.1, -0.05) is 0 Å². The number of nitrogens with zero attached hydrogens (tertiary/aromatic N) is 2. The minimum atomic E-state index is -0.777. The van der Waals surface area contributed by atoms with Gasteiger partial charge >= 0.3 is 5.97 Å². The molecule has 21 heavy (non-hydrogen) atoms. The highest BCUT2D eigenvalue weighted by Gasteiger charge is 2.37. The van der Waals surface area contributed by atoms with Crippen molar-refractivity contribution in [2.75, 3.05) is 13.1 Å². The number of carbonyl (C=O) groups is 2. The molecular formula is C14H20N4O3. The lowest BCUT2D eigenvalue weighted by Crippen LogP contribution is -2.55. The Balaban J connectivity index is 1.46. The molecule has 3 rings (SSSR count). The fourth-order valence-corrected chi connectivity index (χ4v) is 2.80.